The van der Waals surface area contributed by atoms with Gasteiger partial charge in [-0.25, -0.2) is 0 Å². The fourth-order valence-corrected chi connectivity index (χ4v) is 3.01. The molecular weight excluding hydrogens is 282 g/mol. The van der Waals surface area contributed by atoms with Gasteiger partial charge in [0.25, 0.3) is 5.91 Å². The molecule has 0 aromatic heterocycles. The average molecular weight is 300 g/mol. The van der Waals surface area contributed by atoms with Crippen LogP contribution in [0.3, 0.4) is 0 Å². The van der Waals surface area contributed by atoms with Gasteiger partial charge in [0.2, 0.25) is 0 Å². The first-order valence-electron chi connectivity index (χ1n) is 7.33. The topological polar surface area (TPSA) is 29.1 Å². The van der Waals surface area contributed by atoms with Crippen LogP contribution < -0.4 is 5.32 Å². The predicted octanol–water partition coefficient (Wildman–Crippen LogP) is 4.78. The Balaban J connectivity index is 1.86. The lowest BCUT2D eigenvalue weighted by Crippen LogP contribution is -2.15. The summed E-state index contributed by atoms with van der Waals surface area (Å²) in [6, 6.07) is 11.6. The Bertz CT molecular complexity index is 694. The van der Waals surface area contributed by atoms with Crippen LogP contribution in [0.25, 0.3) is 0 Å². The summed E-state index contributed by atoms with van der Waals surface area (Å²) < 4.78 is 0. The van der Waals surface area contributed by atoms with Gasteiger partial charge >= 0.3 is 0 Å². The number of amides is 1. The number of anilines is 1. The number of nitrogens with one attached hydrogen (secondary N) is 1. The molecule has 1 aliphatic carbocycles. The Morgan fingerprint density at radius 1 is 1.14 bits per heavy atom. The number of fused-ring (bicyclic) bond motifs is 1. The molecule has 1 N–H and O–H groups in total. The van der Waals surface area contributed by atoms with Gasteiger partial charge in [0, 0.05) is 16.3 Å². The minimum atomic E-state index is -0.101. The fourth-order valence-electron chi connectivity index (χ4n) is 2.83. The summed E-state index contributed by atoms with van der Waals surface area (Å²) >= 11 is 6.10. The summed E-state index contributed by atoms with van der Waals surface area (Å²) in [6.45, 7) is 1.93. The van der Waals surface area contributed by atoms with E-state index < -0.39 is 0 Å². The highest BCUT2D eigenvalue weighted by atomic mass is 35.5. The molecule has 0 heterocycles. The Labute approximate surface area is 130 Å². The second kappa shape index (κ2) is 5.90. The smallest absolute Gasteiger partial charge is 0.255 e. The molecule has 0 aliphatic heterocycles. The molecule has 0 radical (unpaired) electrons. The standard InChI is InChI=1S/C18H18ClNO/c1-12-9-10-14(11-16(12)19)18(21)20-17-8-4-6-13-5-2-3-7-15(13)17/h4,6,8-11H,2-3,5,7H2,1H3,(H,20,21). The third kappa shape index (κ3) is 2.96. The van der Waals surface area contributed by atoms with E-state index in [2.05, 4.69) is 11.4 Å². The van der Waals surface area contributed by atoms with E-state index in [4.69, 9.17) is 11.6 Å². The van der Waals surface area contributed by atoms with Crippen molar-refractivity contribution in [3.63, 3.8) is 0 Å². The monoisotopic (exact) mass is 299 g/mol. The van der Waals surface area contributed by atoms with Gasteiger partial charge in [-0.3, -0.25) is 4.79 Å². The van der Waals surface area contributed by atoms with Crippen LogP contribution in [0.4, 0.5) is 5.69 Å². The van der Waals surface area contributed by atoms with Crippen LogP contribution in [0.2, 0.25) is 5.02 Å². The number of benzene rings is 2. The maximum atomic E-state index is 12.4. The van der Waals surface area contributed by atoms with Crippen molar-refractivity contribution in [1.29, 1.82) is 0 Å². The maximum Gasteiger partial charge on any atom is 0.255 e. The molecule has 108 valence electrons. The summed E-state index contributed by atoms with van der Waals surface area (Å²) in [5, 5.41) is 3.66. The molecule has 2 aromatic carbocycles. The Hall–Kier alpha value is -1.80. The molecule has 0 atom stereocenters. The van der Waals surface area contributed by atoms with Crippen molar-refractivity contribution in [2.45, 2.75) is 32.6 Å². The molecule has 1 amide bonds. The highest BCUT2D eigenvalue weighted by molar-refractivity contribution is 6.31. The van der Waals surface area contributed by atoms with E-state index in [0.717, 1.165) is 24.1 Å². The molecule has 2 nitrogen and oxygen atoms in total. The van der Waals surface area contributed by atoms with E-state index in [1.165, 1.54) is 24.0 Å². The summed E-state index contributed by atoms with van der Waals surface area (Å²) in [6.07, 6.45) is 4.57. The van der Waals surface area contributed by atoms with Crippen LogP contribution in [0, 0.1) is 6.92 Å². The number of carbonyl (C=O) groups excluding carboxylic acids is 1. The maximum absolute atomic E-state index is 12.4. The van der Waals surface area contributed by atoms with Gasteiger partial charge in [-0.1, -0.05) is 29.8 Å². The fraction of sp³-hybridized carbons (Fsp3) is 0.278. The number of aryl methyl sites for hydroxylation is 2. The van der Waals surface area contributed by atoms with E-state index in [0.29, 0.717) is 10.6 Å². The molecule has 1 aliphatic rings. The molecule has 0 unspecified atom stereocenters. The molecule has 0 bridgehead atoms. The van der Waals surface area contributed by atoms with Gasteiger partial charge in [0.05, 0.1) is 0 Å². The summed E-state index contributed by atoms with van der Waals surface area (Å²) in [5.41, 5.74) is 5.16. The van der Waals surface area contributed by atoms with Gasteiger partial charge in [-0.2, -0.15) is 0 Å². The van der Waals surface area contributed by atoms with Crippen LogP contribution in [-0.4, -0.2) is 5.91 Å². The minimum Gasteiger partial charge on any atom is -0.322 e. The number of carbonyl (C=O) groups is 1. The Kier molecular flexibility index (Phi) is 3.98. The summed E-state index contributed by atoms with van der Waals surface area (Å²) in [5.74, 6) is -0.101. The molecule has 3 heteroatoms. The van der Waals surface area contributed by atoms with Crippen molar-refractivity contribution in [3.8, 4) is 0 Å². The lowest BCUT2D eigenvalue weighted by Gasteiger charge is -2.19. The molecule has 0 fully saturated rings. The second-order valence-electron chi connectivity index (χ2n) is 5.57. The summed E-state index contributed by atoms with van der Waals surface area (Å²) in [7, 11) is 0. The van der Waals surface area contributed by atoms with Crippen molar-refractivity contribution in [1.82, 2.24) is 0 Å². The van der Waals surface area contributed by atoms with E-state index >= 15 is 0 Å². The van der Waals surface area contributed by atoms with Crippen LogP contribution in [0.5, 0.6) is 0 Å². The average Bonchev–Trinajstić information content (AvgIpc) is 2.50. The SMILES string of the molecule is Cc1ccc(C(=O)Nc2cccc3c2CCCC3)cc1Cl. The van der Waals surface area contributed by atoms with E-state index in [1.54, 1.807) is 6.07 Å². The molecule has 2 aromatic rings. The molecule has 0 spiro atoms. The van der Waals surface area contributed by atoms with Crippen molar-refractivity contribution in [2.75, 3.05) is 5.32 Å². The van der Waals surface area contributed by atoms with Crippen molar-refractivity contribution < 1.29 is 4.79 Å². The van der Waals surface area contributed by atoms with Crippen LogP contribution in [0.15, 0.2) is 36.4 Å². The number of hydrogen-bond donors (Lipinski definition) is 1. The van der Waals surface area contributed by atoms with Gasteiger partial charge < -0.3 is 5.32 Å². The van der Waals surface area contributed by atoms with Crippen molar-refractivity contribution in [3.05, 3.63) is 63.7 Å². The number of halogens is 1. The molecule has 0 saturated heterocycles. The van der Waals surface area contributed by atoms with Gasteiger partial charge in [-0.15, -0.1) is 0 Å². The molecule has 0 saturated carbocycles. The zero-order chi connectivity index (χ0) is 14.8. The zero-order valence-electron chi connectivity index (χ0n) is 12.1. The normalized spacial score (nSPS) is 13.6. The first-order valence-corrected chi connectivity index (χ1v) is 7.71. The van der Waals surface area contributed by atoms with Crippen LogP contribution in [-0.2, 0) is 12.8 Å². The molecular formula is C18H18ClNO. The van der Waals surface area contributed by atoms with Crippen LogP contribution >= 0.6 is 11.6 Å². The largest absolute Gasteiger partial charge is 0.322 e. The molecule has 3 rings (SSSR count). The second-order valence-corrected chi connectivity index (χ2v) is 5.98. The lowest BCUT2D eigenvalue weighted by molar-refractivity contribution is 0.102. The summed E-state index contributed by atoms with van der Waals surface area (Å²) in [4.78, 5) is 12.4. The highest BCUT2D eigenvalue weighted by Gasteiger charge is 2.15. The lowest BCUT2D eigenvalue weighted by atomic mass is 9.90. The van der Waals surface area contributed by atoms with Gasteiger partial charge in [0.1, 0.15) is 0 Å². The quantitative estimate of drug-likeness (QED) is 0.849. The third-order valence-electron chi connectivity index (χ3n) is 4.08. The number of hydrogen-bond acceptors (Lipinski definition) is 1. The van der Waals surface area contributed by atoms with E-state index in [-0.39, 0.29) is 5.91 Å². The number of rotatable bonds is 2. The van der Waals surface area contributed by atoms with Crippen molar-refractivity contribution in [2.24, 2.45) is 0 Å². The minimum absolute atomic E-state index is 0.101. The molecule has 21 heavy (non-hydrogen) atoms. The first kappa shape index (κ1) is 14.2. The Morgan fingerprint density at radius 2 is 1.95 bits per heavy atom. The first-order chi connectivity index (χ1) is 10.1. The van der Waals surface area contributed by atoms with Crippen LogP contribution in [0.1, 0.15) is 39.9 Å². The van der Waals surface area contributed by atoms with E-state index in [1.807, 2.05) is 31.2 Å². The predicted molar refractivity (Wildman–Crippen MR) is 87.2 cm³/mol. The van der Waals surface area contributed by atoms with Crippen molar-refractivity contribution >= 4 is 23.2 Å². The van der Waals surface area contributed by atoms with Gasteiger partial charge in [-0.05, 0) is 67.5 Å². The Morgan fingerprint density at radius 3 is 2.76 bits per heavy atom. The van der Waals surface area contributed by atoms with Gasteiger partial charge in [0.15, 0.2) is 0 Å². The zero-order valence-corrected chi connectivity index (χ0v) is 12.8. The third-order valence-corrected chi connectivity index (χ3v) is 4.49. The van der Waals surface area contributed by atoms with E-state index in [9.17, 15) is 4.79 Å². The highest BCUT2D eigenvalue weighted by Crippen LogP contribution is 2.28.